The molecule has 0 aliphatic rings. The Morgan fingerprint density at radius 3 is 3.06 bits per heavy atom. The second-order valence-electron chi connectivity index (χ2n) is 3.50. The number of fused-ring (bicyclic) bond motifs is 1. The summed E-state index contributed by atoms with van der Waals surface area (Å²) >= 11 is 9.63. The third-order valence-electron chi connectivity index (χ3n) is 2.47. The second kappa shape index (κ2) is 5.00. The Morgan fingerprint density at radius 1 is 1.50 bits per heavy atom. The number of rotatable bonds is 2. The van der Waals surface area contributed by atoms with Crippen LogP contribution in [0.1, 0.15) is 0 Å². The standard InChI is InChI=1S/C10H5ClFIN3PS/c11-6-1-7(12)8(9-10(6)18-4-14-9)5-2-15-16(3-5)17-13/h1-4,17H. The first kappa shape index (κ1) is 12.7. The molecule has 0 radical (unpaired) electrons. The summed E-state index contributed by atoms with van der Waals surface area (Å²) in [6.07, 6.45) is 3.95. The molecule has 0 saturated heterocycles. The van der Waals surface area contributed by atoms with Crippen molar-refractivity contribution in [2.75, 3.05) is 0 Å². The molecule has 0 amide bonds. The molecule has 0 spiro atoms. The predicted molar refractivity (Wildman–Crippen MR) is 83.5 cm³/mol. The molecule has 1 aromatic carbocycles. The summed E-state index contributed by atoms with van der Waals surface area (Å²) in [6, 6.07) is 1.33. The van der Waals surface area contributed by atoms with E-state index < -0.39 is 0 Å². The number of hydrogen-bond acceptors (Lipinski definition) is 3. The molecular weight excluding hydrogens is 407 g/mol. The summed E-state index contributed by atoms with van der Waals surface area (Å²) in [5.41, 5.74) is 3.46. The van der Waals surface area contributed by atoms with Crippen molar-refractivity contribution in [2.24, 2.45) is 0 Å². The number of benzene rings is 1. The van der Waals surface area contributed by atoms with E-state index in [-0.39, 0.29) is 5.82 Å². The maximum atomic E-state index is 14.1. The fourth-order valence-electron chi connectivity index (χ4n) is 1.73. The van der Waals surface area contributed by atoms with Crippen molar-refractivity contribution in [3.8, 4) is 11.1 Å². The fourth-order valence-corrected chi connectivity index (χ4v) is 3.83. The molecule has 3 rings (SSSR count). The van der Waals surface area contributed by atoms with Crippen LogP contribution in [-0.2, 0) is 0 Å². The lowest BCUT2D eigenvalue weighted by atomic mass is 10.1. The average molecular weight is 412 g/mol. The molecule has 0 aliphatic carbocycles. The fraction of sp³-hybridized carbons (Fsp3) is 0. The van der Waals surface area contributed by atoms with Gasteiger partial charge in [0.25, 0.3) is 0 Å². The van der Waals surface area contributed by atoms with Crippen LogP contribution in [0.25, 0.3) is 21.3 Å². The van der Waals surface area contributed by atoms with Gasteiger partial charge in [0.15, 0.2) is 0 Å². The Balaban J connectivity index is 2.30. The van der Waals surface area contributed by atoms with Crippen LogP contribution in [0.3, 0.4) is 0 Å². The summed E-state index contributed by atoms with van der Waals surface area (Å²) in [6.45, 7) is 0. The molecule has 18 heavy (non-hydrogen) atoms. The first-order chi connectivity index (χ1) is 8.70. The Bertz CT molecular complexity index is 729. The largest absolute Gasteiger partial charge is 0.245 e. The van der Waals surface area contributed by atoms with Crippen LogP contribution in [0.5, 0.6) is 0 Å². The first-order valence-electron chi connectivity index (χ1n) is 4.83. The maximum Gasteiger partial charge on any atom is 0.134 e. The molecule has 2 aromatic heterocycles. The van der Waals surface area contributed by atoms with Crippen LogP contribution in [-0.4, -0.2) is 14.5 Å². The highest BCUT2D eigenvalue weighted by Crippen LogP contribution is 2.37. The lowest BCUT2D eigenvalue weighted by molar-refractivity contribution is 0.633. The van der Waals surface area contributed by atoms with Crippen LogP contribution >= 0.6 is 51.4 Å². The highest BCUT2D eigenvalue weighted by Gasteiger charge is 2.16. The van der Waals surface area contributed by atoms with Gasteiger partial charge < -0.3 is 0 Å². The smallest absolute Gasteiger partial charge is 0.134 e. The maximum absolute atomic E-state index is 14.1. The van der Waals surface area contributed by atoms with Gasteiger partial charge in [0.1, 0.15) is 5.82 Å². The van der Waals surface area contributed by atoms with E-state index in [4.69, 9.17) is 11.6 Å². The zero-order valence-corrected chi connectivity index (χ0v) is 13.4. The van der Waals surface area contributed by atoms with Crippen LogP contribution in [0.2, 0.25) is 5.02 Å². The minimum atomic E-state index is -0.366. The Kier molecular flexibility index (Phi) is 3.53. The summed E-state index contributed by atoms with van der Waals surface area (Å²) < 4.78 is 16.7. The summed E-state index contributed by atoms with van der Waals surface area (Å²) in [7, 11) is 0. The summed E-state index contributed by atoms with van der Waals surface area (Å²) in [5.74, 6) is -0.366. The Morgan fingerprint density at radius 2 is 2.33 bits per heavy atom. The van der Waals surface area contributed by atoms with Gasteiger partial charge in [0.2, 0.25) is 0 Å². The molecule has 3 nitrogen and oxygen atoms in total. The van der Waals surface area contributed by atoms with Gasteiger partial charge in [-0.2, -0.15) is 5.10 Å². The predicted octanol–water partition coefficient (Wildman–Crippen LogP) is 4.74. The minimum absolute atomic E-state index is 0.366. The van der Waals surface area contributed by atoms with Gasteiger partial charge in [0, 0.05) is 17.3 Å². The van der Waals surface area contributed by atoms with Gasteiger partial charge in [0.05, 0.1) is 33.3 Å². The monoisotopic (exact) mass is 411 g/mol. The number of nitrogens with zero attached hydrogens (tertiary/aromatic N) is 3. The second-order valence-corrected chi connectivity index (χ2v) is 6.84. The van der Waals surface area contributed by atoms with Crippen molar-refractivity contribution >= 4 is 61.6 Å². The summed E-state index contributed by atoms with van der Waals surface area (Å²) in [4.78, 5) is 4.21. The zero-order valence-electron chi connectivity index (χ0n) is 8.69. The number of hydrogen-bond donors (Lipinski definition) is 0. The molecule has 1 atom stereocenters. The number of aromatic nitrogens is 3. The molecule has 2 heterocycles. The normalized spacial score (nSPS) is 11.9. The molecule has 0 saturated carbocycles. The molecule has 8 heteroatoms. The molecule has 0 fully saturated rings. The average Bonchev–Trinajstić information content (AvgIpc) is 2.97. The minimum Gasteiger partial charge on any atom is -0.245 e. The van der Waals surface area contributed by atoms with E-state index in [0.717, 1.165) is 10.3 Å². The van der Waals surface area contributed by atoms with Crippen molar-refractivity contribution in [3.63, 3.8) is 0 Å². The molecule has 0 bridgehead atoms. The van der Waals surface area contributed by atoms with Crippen LogP contribution in [0.4, 0.5) is 4.39 Å². The topological polar surface area (TPSA) is 30.7 Å². The lowest BCUT2D eigenvalue weighted by Gasteiger charge is -2.03. The van der Waals surface area contributed by atoms with Crippen molar-refractivity contribution < 1.29 is 4.39 Å². The molecule has 0 N–H and O–H groups in total. The van der Waals surface area contributed by atoms with Crippen molar-refractivity contribution in [3.05, 3.63) is 34.8 Å². The highest BCUT2D eigenvalue weighted by atomic mass is 127. The SMILES string of the molecule is Fc1cc(Cl)c2scnc2c1-c1cnn(PI)c1. The number of thiazole rings is 1. The van der Waals surface area contributed by atoms with Crippen LogP contribution in [0, 0.1) is 5.82 Å². The van der Waals surface area contributed by atoms with E-state index in [1.54, 1.807) is 16.2 Å². The van der Waals surface area contributed by atoms with Crippen molar-refractivity contribution in [1.82, 2.24) is 14.5 Å². The van der Waals surface area contributed by atoms with Gasteiger partial charge in [-0.05, 0) is 28.1 Å². The molecular formula is C10H5ClFIN3PS. The molecule has 92 valence electrons. The molecule has 0 aliphatic heterocycles. The third kappa shape index (κ3) is 2.05. The zero-order chi connectivity index (χ0) is 12.7. The molecule has 1 unspecified atom stereocenters. The van der Waals surface area contributed by atoms with Gasteiger partial charge in [-0.1, -0.05) is 11.6 Å². The summed E-state index contributed by atoms with van der Waals surface area (Å²) in [5, 5.41) is 4.56. The van der Waals surface area contributed by atoms with Crippen LogP contribution < -0.4 is 0 Å². The quantitative estimate of drug-likeness (QED) is 0.450. The Labute approximate surface area is 126 Å². The lowest BCUT2D eigenvalue weighted by Crippen LogP contribution is -1.86. The van der Waals surface area contributed by atoms with Gasteiger partial charge >= 0.3 is 0 Å². The van der Waals surface area contributed by atoms with Crippen molar-refractivity contribution in [1.29, 1.82) is 0 Å². The third-order valence-corrected chi connectivity index (χ3v) is 5.64. The van der Waals surface area contributed by atoms with Gasteiger partial charge in [-0.25, -0.2) is 13.8 Å². The van der Waals surface area contributed by atoms with E-state index in [2.05, 4.69) is 32.1 Å². The van der Waals surface area contributed by atoms with E-state index in [0.29, 0.717) is 22.5 Å². The van der Waals surface area contributed by atoms with Crippen molar-refractivity contribution in [2.45, 2.75) is 0 Å². The first-order valence-corrected chi connectivity index (χ1v) is 10.2. The number of halogens is 3. The van der Waals surface area contributed by atoms with Crippen LogP contribution in [0.15, 0.2) is 24.0 Å². The highest BCUT2D eigenvalue weighted by molar-refractivity contribution is 14.2. The van der Waals surface area contributed by atoms with E-state index in [1.165, 1.54) is 17.4 Å². The van der Waals surface area contributed by atoms with E-state index >= 15 is 0 Å². The molecule has 3 aromatic rings. The van der Waals surface area contributed by atoms with Gasteiger partial charge in [-0.3, -0.25) is 0 Å². The van der Waals surface area contributed by atoms with Gasteiger partial charge in [-0.15, -0.1) is 11.3 Å². The Hall–Kier alpha value is -0.300. The van der Waals surface area contributed by atoms with E-state index in [9.17, 15) is 4.39 Å². The van der Waals surface area contributed by atoms with E-state index in [1.807, 2.05) is 6.20 Å².